The molecule has 0 saturated carbocycles. The molecule has 0 spiro atoms. The summed E-state index contributed by atoms with van der Waals surface area (Å²) in [5, 5.41) is 3.18. The molecule has 0 aliphatic carbocycles. The van der Waals surface area contributed by atoms with Crippen LogP contribution in [0.2, 0.25) is 0 Å². The molecule has 1 rings (SSSR count). The number of anilines is 1. The number of aromatic nitrogens is 1. The Morgan fingerprint density at radius 1 is 1.37 bits per heavy atom. The molecule has 1 amide bonds. The molecule has 1 heterocycles. The fourth-order valence-corrected chi connectivity index (χ4v) is 2.04. The fraction of sp³-hybridized carbons (Fsp3) is 0.571. The Labute approximate surface area is 114 Å². The molecule has 0 radical (unpaired) electrons. The number of rotatable bonds is 6. The van der Waals surface area contributed by atoms with E-state index < -0.39 is 5.91 Å². The quantitative estimate of drug-likeness (QED) is 0.729. The van der Waals surface area contributed by atoms with Crippen molar-refractivity contribution in [1.29, 1.82) is 0 Å². The first-order chi connectivity index (χ1) is 8.83. The SMILES string of the molecule is CCC(N)(CC)CNc1nc(C)cc(C)c1C(N)=O. The van der Waals surface area contributed by atoms with Crippen molar-refractivity contribution in [2.45, 2.75) is 46.1 Å². The number of amides is 1. The largest absolute Gasteiger partial charge is 0.368 e. The number of nitrogens with two attached hydrogens (primary N) is 2. The van der Waals surface area contributed by atoms with Gasteiger partial charge in [-0.2, -0.15) is 0 Å². The summed E-state index contributed by atoms with van der Waals surface area (Å²) < 4.78 is 0. The van der Waals surface area contributed by atoms with Gasteiger partial charge in [0, 0.05) is 17.8 Å². The molecular formula is C14H24N4O. The number of hydrogen-bond acceptors (Lipinski definition) is 4. The van der Waals surface area contributed by atoms with Crippen LogP contribution in [0.1, 0.15) is 48.3 Å². The van der Waals surface area contributed by atoms with Crippen LogP contribution in [0.3, 0.4) is 0 Å². The number of carbonyl (C=O) groups is 1. The van der Waals surface area contributed by atoms with E-state index in [2.05, 4.69) is 24.1 Å². The summed E-state index contributed by atoms with van der Waals surface area (Å²) >= 11 is 0. The van der Waals surface area contributed by atoms with E-state index in [-0.39, 0.29) is 5.54 Å². The van der Waals surface area contributed by atoms with Gasteiger partial charge >= 0.3 is 0 Å². The number of carbonyl (C=O) groups excluding carboxylic acids is 1. The Bertz CT molecular complexity index is 467. The molecule has 0 bridgehead atoms. The second kappa shape index (κ2) is 6.02. The molecule has 0 aliphatic rings. The van der Waals surface area contributed by atoms with Crippen LogP contribution in [0.15, 0.2) is 6.07 Å². The Balaban J connectivity index is 3.04. The van der Waals surface area contributed by atoms with Gasteiger partial charge < -0.3 is 16.8 Å². The molecule has 5 N–H and O–H groups in total. The van der Waals surface area contributed by atoms with E-state index in [9.17, 15) is 4.79 Å². The van der Waals surface area contributed by atoms with Crippen molar-refractivity contribution in [3.8, 4) is 0 Å². The summed E-state index contributed by atoms with van der Waals surface area (Å²) in [4.78, 5) is 15.9. The third-order valence-electron chi connectivity index (χ3n) is 3.61. The zero-order valence-electron chi connectivity index (χ0n) is 12.2. The minimum absolute atomic E-state index is 0.297. The molecule has 5 heteroatoms. The maximum absolute atomic E-state index is 11.5. The van der Waals surface area contributed by atoms with E-state index in [1.807, 2.05) is 19.9 Å². The number of primary amides is 1. The van der Waals surface area contributed by atoms with Crippen LogP contribution in [-0.2, 0) is 0 Å². The van der Waals surface area contributed by atoms with Crippen molar-refractivity contribution < 1.29 is 4.79 Å². The van der Waals surface area contributed by atoms with Crippen LogP contribution in [0, 0.1) is 13.8 Å². The minimum Gasteiger partial charge on any atom is -0.368 e. The lowest BCUT2D eigenvalue weighted by Gasteiger charge is -2.27. The zero-order valence-corrected chi connectivity index (χ0v) is 12.2. The predicted molar refractivity (Wildman–Crippen MR) is 78.2 cm³/mol. The maximum atomic E-state index is 11.5. The van der Waals surface area contributed by atoms with Crippen molar-refractivity contribution in [3.63, 3.8) is 0 Å². The molecule has 0 aromatic carbocycles. The zero-order chi connectivity index (χ0) is 14.6. The molecule has 106 valence electrons. The molecule has 0 aliphatic heterocycles. The average Bonchev–Trinajstić information content (AvgIpc) is 2.34. The van der Waals surface area contributed by atoms with E-state index in [0.29, 0.717) is 17.9 Å². The van der Waals surface area contributed by atoms with Crippen molar-refractivity contribution in [2.24, 2.45) is 11.5 Å². The van der Waals surface area contributed by atoms with Gasteiger partial charge in [0.05, 0.1) is 5.56 Å². The molecule has 0 atom stereocenters. The van der Waals surface area contributed by atoms with E-state index in [1.165, 1.54) is 0 Å². The number of nitrogens with zero attached hydrogens (tertiary/aromatic N) is 1. The third kappa shape index (κ3) is 3.67. The van der Waals surface area contributed by atoms with Crippen molar-refractivity contribution >= 4 is 11.7 Å². The van der Waals surface area contributed by atoms with Gasteiger partial charge in [0.2, 0.25) is 0 Å². The van der Waals surface area contributed by atoms with Crippen LogP contribution in [0.25, 0.3) is 0 Å². The van der Waals surface area contributed by atoms with Gasteiger partial charge in [-0.15, -0.1) is 0 Å². The predicted octanol–water partition coefficient (Wildman–Crippen LogP) is 1.73. The fourth-order valence-electron chi connectivity index (χ4n) is 2.04. The second-order valence-corrected chi connectivity index (χ2v) is 5.09. The van der Waals surface area contributed by atoms with Crippen molar-refractivity contribution in [3.05, 3.63) is 22.9 Å². The molecule has 19 heavy (non-hydrogen) atoms. The summed E-state index contributed by atoms with van der Waals surface area (Å²) in [5.74, 6) is 0.0600. The second-order valence-electron chi connectivity index (χ2n) is 5.09. The average molecular weight is 264 g/mol. The van der Waals surface area contributed by atoms with E-state index in [4.69, 9.17) is 11.5 Å². The highest BCUT2D eigenvalue weighted by molar-refractivity contribution is 5.99. The van der Waals surface area contributed by atoms with Gasteiger partial charge in [-0.3, -0.25) is 4.79 Å². The first-order valence-electron chi connectivity index (χ1n) is 6.63. The molecule has 1 aromatic heterocycles. The molecule has 0 saturated heterocycles. The Morgan fingerprint density at radius 2 is 1.95 bits per heavy atom. The highest BCUT2D eigenvalue weighted by atomic mass is 16.1. The van der Waals surface area contributed by atoms with Gasteiger partial charge in [-0.05, 0) is 38.3 Å². The standard InChI is InChI=1S/C14H24N4O/c1-5-14(16,6-2)8-17-13-11(12(15)19)9(3)7-10(4)18-13/h7H,5-6,8,16H2,1-4H3,(H2,15,19)(H,17,18). The summed E-state index contributed by atoms with van der Waals surface area (Å²) in [6.07, 6.45) is 1.71. The third-order valence-corrected chi connectivity index (χ3v) is 3.61. The monoisotopic (exact) mass is 264 g/mol. The van der Waals surface area contributed by atoms with Crippen LogP contribution in [-0.4, -0.2) is 23.0 Å². The van der Waals surface area contributed by atoms with E-state index in [0.717, 1.165) is 24.1 Å². The lowest BCUT2D eigenvalue weighted by atomic mass is 9.94. The van der Waals surface area contributed by atoms with Crippen molar-refractivity contribution in [2.75, 3.05) is 11.9 Å². The van der Waals surface area contributed by atoms with Gasteiger partial charge in [-0.25, -0.2) is 4.98 Å². The summed E-state index contributed by atoms with van der Waals surface area (Å²) in [7, 11) is 0. The van der Waals surface area contributed by atoms with Gasteiger partial charge in [0.1, 0.15) is 5.82 Å². The normalized spacial score (nSPS) is 11.4. The van der Waals surface area contributed by atoms with Gasteiger partial charge in [-0.1, -0.05) is 13.8 Å². The minimum atomic E-state index is -0.469. The highest BCUT2D eigenvalue weighted by Crippen LogP contribution is 2.20. The van der Waals surface area contributed by atoms with E-state index >= 15 is 0 Å². The molecule has 0 unspecified atom stereocenters. The number of aryl methyl sites for hydroxylation is 2. The number of pyridine rings is 1. The topological polar surface area (TPSA) is 94.0 Å². The van der Waals surface area contributed by atoms with Gasteiger partial charge in [0.25, 0.3) is 5.91 Å². The molecule has 1 aromatic rings. The molecular weight excluding hydrogens is 240 g/mol. The Hall–Kier alpha value is -1.62. The molecule has 5 nitrogen and oxygen atoms in total. The first kappa shape index (κ1) is 15.4. The number of hydrogen-bond donors (Lipinski definition) is 3. The summed E-state index contributed by atoms with van der Waals surface area (Å²) in [6.45, 7) is 8.41. The summed E-state index contributed by atoms with van der Waals surface area (Å²) in [5.41, 5.74) is 13.5. The van der Waals surface area contributed by atoms with Crippen LogP contribution < -0.4 is 16.8 Å². The first-order valence-corrected chi connectivity index (χ1v) is 6.63. The van der Waals surface area contributed by atoms with Gasteiger partial charge in [0.15, 0.2) is 0 Å². The van der Waals surface area contributed by atoms with Crippen LogP contribution >= 0.6 is 0 Å². The molecule has 0 fully saturated rings. The Kier molecular flexibility index (Phi) is 4.89. The number of nitrogens with one attached hydrogen (secondary N) is 1. The van der Waals surface area contributed by atoms with Crippen LogP contribution in [0.4, 0.5) is 5.82 Å². The Morgan fingerprint density at radius 3 is 2.42 bits per heavy atom. The maximum Gasteiger partial charge on any atom is 0.252 e. The van der Waals surface area contributed by atoms with E-state index in [1.54, 1.807) is 0 Å². The smallest absolute Gasteiger partial charge is 0.252 e. The van der Waals surface area contributed by atoms with Crippen LogP contribution in [0.5, 0.6) is 0 Å². The van der Waals surface area contributed by atoms with Crippen molar-refractivity contribution in [1.82, 2.24) is 4.98 Å². The highest BCUT2D eigenvalue weighted by Gasteiger charge is 2.22. The lowest BCUT2D eigenvalue weighted by molar-refractivity contribution is 0.1000. The lowest BCUT2D eigenvalue weighted by Crippen LogP contribution is -2.45. The summed E-state index contributed by atoms with van der Waals surface area (Å²) in [6, 6.07) is 1.85.